The van der Waals surface area contributed by atoms with Gasteiger partial charge in [0.15, 0.2) is 5.43 Å². The highest BCUT2D eigenvalue weighted by atomic mass is 32.1. The van der Waals surface area contributed by atoms with E-state index in [9.17, 15) is 4.79 Å². The molecule has 1 atom stereocenters. The molecule has 0 aliphatic heterocycles. The molecule has 1 aliphatic carbocycles. The monoisotopic (exact) mass is 350 g/mol. The van der Waals surface area contributed by atoms with Gasteiger partial charge in [0.05, 0.1) is 7.11 Å². The van der Waals surface area contributed by atoms with Crippen LogP contribution >= 0.6 is 11.3 Å². The molecule has 3 heteroatoms. The Kier molecular flexibility index (Phi) is 4.34. The molecule has 1 unspecified atom stereocenters. The molecule has 1 aromatic heterocycles. The predicted molar refractivity (Wildman–Crippen MR) is 106 cm³/mol. The van der Waals surface area contributed by atoms with Gasteiger partial charge in [-0.3, -0.25) is 4.79 Å². The minimum atomic E-state index is 0.246. The molecule has 1 aliphatic rings. The first-order valence-corrected chi connectivity index (χ1v) is 9.74. The Hall–Kier alpha value is -2.13. The van der Waals surface area contributed by atoms with Crippen LogP contribution in [0.4, 0.5) is 0 Å². The van der Waals surface area contributed by atoms with E-state index in [0.29, 0.717) is 0 Å². The first-order valence-electron chi connectivity index (χ1n) is 8.92. The summed E-state index contributed by atoms with van der Waals surface area (Å²) in [5, 5.41) is 0.866. The molecule has 4 rings (SSSR count). The van der Waals surface area contributed by atoms with Crippen molar-refractivity contribution in [2.75, 3.05) is 7.11 Å². The van der Waals surface area contributed by atoms with Gasteiger partial charge in [0.2, 0.25) is 0 Å². The van der Waals surface area contributed by atoms with E-state index in [1.165, 1.54) is 11.3 Å². The Morgan fingerprint density at radius 1 is 1.16 bits per heavy atom. The first-order chi connectivity index (χ1) is 12.2. The summed E-state index contributed by atoms with van der Waals surface area (Å²) in [4.78, 5) is 14.2. The Bertz CT molecular complexity index is 987. The fourth-order valence-corrected chi connectivity index (χ4v) is 5.10. The summed E-state index contributed by atoms with van der Waals surface area (Å²) in [5.41, 5.74) is 3.56. The molecule has 0 N–H and O–H groups in total. The lowest BCUT2D eigenvalue weighted by atomic mass is 9.86. The van der Waals surface area contributed by atoms with E-state index in [2.05, 4.69) is 25.1 Å². The van der Waals surface area contributed by atoms with Gasteiger partial charge in [0.25, 0.3) is 0 Å². The van der Waals surface area contributed by atoms with Crippen LogP contribution in [0.2, 0.25) is 0 Å². The third-order valence-corrected chi connectivity index (χ3v) is 6.54. The lowest BCUT2D eigenvalue weighted by Gasteiger charge is -2.22. The van der Waals surface area contributed by atoms with Crippen molar-refractivity contribution in [3.8, 4) is 16.9 Å². The molecule has 2 aromatic carbocycles. The number of benzene rings is 2. The maximum Gasteiger partial charge on any atom is 0.191 e. The summed E-state index contributed by atoms with van der Waals surface area (Å²) >= 11 is 1.81. The Morgan fingerprint density at radius 3 is 2.80 bits per heavy atom. The average molecular weight is 350 g/mol. The summed E-state index contributed by atoms with van der Waals surface area (Å²) in [6, 6.07) is 14.3. The van der Waals surface area contributed by atoms with Crippen LogP contribution in [0.15, 0.2) is 47.3 Å². The molecule has 25 heavy (non-hydrogen) atoms. The Labute approximate surface area is 152 Å². The predicted octanol–water partition coefficient (Wildman–Crippen LogP) is 5.45. The van der Waals surface area contributed by atoms with Gasteiger partial charge in [-0.2, -0.15) is 0 Å². The van der Waals surface area contributed by atoms with E-state index < -0.39 is 0 Å². The first kappa shape index (κ1) is 16.3. The zero-order valence-electron chi connectivity index (χ0n) is 14.7. The number of hydrogen-bond acceptors (Lipinski definition) is 3. The van der Waals surface area contributed by atoms with Crippen LogP contribution in [0.1, 0.15) is 30.2 Å². The highest BCUT2D eigenvalue weighted by molar-refractivity contribution is 7.18. The summed E-state index contributed by atoms with van der Waals surface area (Å²) in [6.45, 7) is 2.25. The standard InChI is InChI=1S/C22H22O2S/c1-3-14-7-9-18-20(11-14)25-21-13-16(8-10-19(21)22(18)23)15-5-4-6-17(12-15)24-2/h4-6,8,10,12-14H,3,7,9,11H2,1-2H3. The van der Waals surface area contributed by atoms with Crippen LogP contribution in [0.25, 0.3) is 21.2 Å². The molecule has 2 nitrogen and oxygen atoms in total. The van der Waals surface area contributed by atoms with Crippen LogP contribution in [0.5, 0.6) is 5.75 Å². The molecular weight excluding hydrogens is 328 g/mol. The zero-order valence-corrected chi connectivity index (χ0v) is 15.5. The molecule has 0 fully saturated rings. The lowest BCUT2D eigenvalue weighted by molar-refractivity contribution is 0.415. The SMILES string of the molecule is CCC1CCc2c(sc3cc(-c4cccc(OC)c4)ccc3c2=O)C1. The normalized spacial score (nSPS) is 16.6. The highest BCUT2D eigenvalue weighted by Gasteiger charge is 2.21. The van der Waals surface area contributed by atoms with Crippen LogP contribution < -0.4 is 10.2 Å². The van der Waals surface area contributed by atoms with Crippen molar-refractivity contribution < 1.29 is 4.74 Å². The average Bonchev–Trinajstić information content (AvgIpc) is 2.67. The van der Waals surface area contributed by atoms with Crippen LogP contribution in [-0.2, 0) is 12.8 Å². The summed E-state index contributed by atoms with van der Waals surface area (Å²) < 4.78 is 6.43. The second-order valence-electron chi connectivity index (χ2n) is 6.79. The zero-order chi connectivity index (χ0) is 17.4. The van der Waals surface area contributed by atoms with E-state index in [1.54, 1.807) is 7.11 Å². The van der Waals surface area contributed by atoms with Crippen LogP contribution in [0.3, 0.4) is 0 Å². The molecule has 0 amide bonds. The number of methoxy groups -OCH3 is 1. The number of ether oxygens (including phenoxy) is 1. The van der Waals surface area contributed by atoms with Gasteiger partial charge in [-0.05, 0) is 60.6 Å². The number of rotatable bonds is 3. The molecule has 1 heterocycles. The molecule has 0 radical (unpaired) electrons. The van der Waals surface area contributed by atoms with E-state index in [-0.39, 0.29) is 5.43 Å². The van der Waals surface area contributed by atoms with E-state index in [4.69, 9.17) is 4.74 Å². The van der Waals surface area contributed by atoms with Gasteiger partial charge in [-0.25, -0.2) is 0 Å². The number of fused-ring (bicyclic) bond motifs is 2. The van der Waals surface area contributed by atoms with E-state index in [1.807, 2.05) is 35.6 Å². The third kappa shape index (κ3) is 2.98. The highest BCUT2D eigenvalue weighted by Crippen LogP contribution is 2.34. The van der Waals surface area contributed by atoms with Gasteiger partial charge in [0.1, 0.15) is 5.75 Å². The van der Waals surface area contributed by atoms with Gasteiger partial charge >= 0.3 is 0 Å². The largest absolute Gasteiger partial charge is 0.497 e. The van der Waals surface area contributed by atoms with Crippen LogP contribution in [-0.4, -0.2) is 7.11 Å². The van der Waals surface area contributed by atoms with Crippen molar-refractivity contribution in [3.63, 3.8) is 0 Å². The minimum absolute atomic E-state index is 0.246. The van der Waals surface area contributed by atoms with Gasteiger partial charge in [0, 0.05) is 20.5 Å². The second kappa shape index (κ2) is 6.64. The molecule has 0 bridgehead atoms. The van der Waals surface area contributed by atoms with Crippen molar-refractivity contribution in [2.45, 2.75) is 32.6 Å². The van der Waals surface area contributed by atoms with E-state index in [0.717, 1.165) is 57.7 Å². The van der Waals surface area contributed by atoms with Crippen molar-refractivity contribution in [1.29, 1.82) is 0 Å². The Balaban J connectivity index is 1.84. The minimum Gasteiger partial charge on any atom is -0.497 e. The maximum atomic E-state index is 12.9. The van der Waals surface area contributed by atoms with Crippen molar-refractivity contribution >= 4 is 21.4 Å². The molecule has 128 valence electrons. The Morgan fingerprint density at radius 2 is 2.00 bits per heavy atom. The molecule has 3 aromatic rings. The summed E-state index contributed by atoms with van der Waals surface area (Å²) in [7, 11) is 1.68. The molecular formula is C22H22O2S. The topological polar surface area (TPSA) is 26.3 Å². The lowest BCUT2D eigenvalue weighted by Crippen LogP contribution is -2.20. The van der Waals surface area contributed by atoms with Crippen molar-refractivity contribution in [3.05, 3.63) is 63.1 Å². The fourth-order valence-electron chi connectivity index (χ4n) is 3.74. The molecule has 0 spiro atoms. The smallest absolute Gasteiger partial charge is 0.191 e. The quantitative estimate of drug-likeness (QED) is 0.628. The van der Waals surface area contributed by atoms with Crippen molar-refractivity contribution in [1.82, 2.24) is 0 Å². The molecule has 0 saturated heterocycles. The van der Waals surface area contributed by atoms with Gasteiger partial charge < -0.3 is 4.74 Å². The summed E-state index contributed by atoms with van der Waals surface area (Å²) in [5.74, 6) is 1.57. The number of hydrogen-bond donors (Lipinski definition) is 0. The summed E-state index contributed by atoms with van der Waals surface area (Å²) in [6.07, 6.45) is 4.35. The fraction of sp³-hybridized carbons (Fsp3) is 0.318. The van der Waals surface area contributed by atoms with Crippen LogP contribution in [0, 0.1) is 5.92 Å². The van der Waals surface area contributed by atoms with Gasteiger partial charge in [-0.15, -0.1) is 11.3 Å². The van der Waals surface area contributed by atoms with E-state index >= 15 is 0 Å². The maximum absolute atomic E-state index is 12.9. The van der Waals surface area contributed by atoms with Crippen molar-refractivity contribution in [2.24, 2.45) is 5.92 Å². The van der Waals surface area contributed by atoms with Gasteiger partial charge in [-0.1, -0.05) is 31.5 Å². The third-order valence-electron chi connectivity index (χ3n) is 5.33. The molecule has 0 saturated carbocycles. The second-order valence-corrected chi connectivity index (χ2v) is 7.93.